The summed E-state index contributed by atoms with van der Waals surface area (Å²) in [6.45, 7) is 0.574. The highest BCUT2D eigenvalue weighted by Crippen LogP contribution is 2.26. The summed E-state index contributed by atoms with van der Waals surface area (Å²) < 4.78 is 5.23. The maximum Gasteiger partial charge on any atom is 0.309 e. The summed E-state index contributed by atoms with van der Waals surface area (Å²) in [5, 5.41) is 12.4. The second-order valence-corrected chi connectivity index (χ2v) is 8.61. The van der Waals surface area contributed by atoms with E-state index in [-0.39, 0.29) is 18.4 Å². The van der Waals surface area contributed by atoms with E-state index in [2.05, 4.69) is 11.4 Å². The molecule has 0 bridgehead atoms. The first-order valence-electron chi connectivity index (χ1n) is 11.4. The molecule has 1 heterocycles. The maximum atomic E-state index is 12.4. The summed E-state index contributed by atoms with van der Waals surface area (Å²) in [5.41, 5.74) is 0.110. The Labute approximate surface area is 189 Å². The zero-order valence-corrected chi connectivity index (χ0v) is 18.4. The molecular weight excluding hydrogens is 406 g/mol. The second-order valence-electron chi connectivity index (χ2n) is 8.61. The Kier molecular flexibility index (Phi) is 8.43. The number of piperidine rings is 1. The number of hydrogen-bond acceptors (Lipinski definition) is 5. The first-order valence-corrected chi connectivity index (χ1v) is 11.4. The normalized spacial score (nSPS) is 19.0. The summed E-state index contributed by atoms with van der Waals surface area (Å²) in [4.78, 5) is 38.8. The number of rotatable bonds is 6. The Balaban J connectivity index is 1.40. The summed E-state index contributed by atoms with van der Waals surface area (Å²) in [7, 11) is 0. The lowest BCUT2D eigenvalue weighted by atomic mass is 9.92. The zero-order valence-electron chi connectivity index (χ0n) is 18.4. The molecule has 0 spiro atoms. The van der Waals surface area contributed by atoms with E-state index in [1.54, 1.807) is 17.1 Å². The molecule has 7 nitrogen and oxygen atoms in total. The van der Waals surface area contributed by atoms with Crippen molar-refractivity contribution in [1.29, 1.82) is 5.26 Å². The van der Waals surface area contributed by atoms with Gasteiger partial charge in [-0.05, 0) is 37.3 Å². The number of amides is 2. The van der Waals surface area contributed by atoms with Crippen LogP contribution in [-0.2, 0) is 19.1 Å². The highest BCUT2D eigenvalue weighted by Gasteiger charge is 2.33. The summed E-state index contributed by atoms with van der Waals surface area (Å²) in [6, 6.07) is 11.9. The van der Waals surface area contributed by atoms with Crippen molar-refractivity contribution < 1.29 is 19.1 Å². The van der Waals surface area contributed by atoms with Crippen LogP contribution >= 0.6 is 0 Å². The first-order chi connectivity index (χ1) is 15.5. The fourth-order valence-corrected chi connectivity index (χ4v) is 4.33. The molecule has 2 aliphatic rings. The third kappa shape index (κ3) is 6.68. The van der Waals surface area contributed by atoms with Crippen molar-refractivity contribution in [3.05, 3.63) is 42.0 Å². The van der Waals surface area contributed by atoms with Crippen molar-refractivity contribution in [2.75, 3.05) is 19.7 Å². The van der Waals surface area contributed by atoms with Crippen molar-refractivity contribution in [2.45, 2.75) is 56.9 Å². The molecule has 3 rings (SSSR count). The molecule has 0 atom stereocenters. The average Bonchev–Trinajstić information content (AvgIpc) is 3.07. The summed E-state index contributed by atoms with van der Waals surface area (Å²) in [5.74, 6) is -1.25. The topological polar surface area (TPSA) is 99.5 Å². The van der Waals surface area contributed by atoms with Crippen LogP contribution in [0.25, 0.3) is 6.08 Å². The van der Waals surface area contributed by atoms with Gasteiger partial charge in [0.05, 0.1) is 12.0 Å². The van der Waals surface area contributed by atoms with Gasteiger partial charge in [0.2, 0.25) is 5.91 Å². The van der Waals surface area contributed by atoms with Gasteiger partial charge in [-0.1, -0.05) is 56.0 Å². The second kappa shape index (κ2) is 11.5. The molecule has 0 radical (unpaired) electrons. The van der Waals surface area contributed by atoms with Gasteiger partial charge >= 0.3 is 5.97 Å². The van der Waals surface area contributed by atoms with Gasteiger partial charge in [0, 0.05) is 19.2 Å². The van der Waals surface area contributed by atoms with Crippen molar-refractivity contribution in [1.82, 2.24) is 10.2 Å². The predicted octanol–water partition coefficient (Wildman–Crippen LogP) is 3.21. The zero-order chi connectivity index (χ0) is 22.8. The van der Waals surface area contributed by atoms with Crippen molar-refractivity contribution in [3.63, 3.8) is 0 Å². The van der Waals surface area contributed by atoms with Gasteiger partial charge < -0.3 is 15.0 Å². The molecule has 2 amide bonds. The van der Waals surface area contributed by atoms with Gasteiger partial charge in [-0.15, -0.1) is 0 Å². The number of nitriles is 1. The lowest BCUT2D eigenvalue weighted by Gasteiger charge is -2.30. The molecule has 1 aromatic carbocycles. The van der Waals surface area contributed by atoms with Gasteiger partial charge in [-0.3, -0.25) is 14.4 Å². The van der Waals surface area contributed by atoms with E-state index in [1.165, 1.54) is 0 Å². The summed E-state index contributed by atoms with van der Waals surface area (Å²) >= 11 is 0. The molecule has 1 aromatic rings. The van der Waals surface area contributed by atoms with E-state index in [4.69, 9.17) is 4.74 Å². The molecule has 1 saturated carbocycles. The number of ether oxygens (including phenoxy) is 1. The third-order valence-corrected chi connectivity index (χ3v) is 6.25. The highest BCUT2D eigenvalue weighted by atomic mass is 16.5. The van der Waals surface area contributed by atoms with Gasteiger partial charge in [0.1, 0.15) is 5.54 Å². The number of esters is 1. The van der Waals surface area contributed by atoms with E-state index in [0.29, 0.717) is 38.8 Å². The standard InChI is InChI=1S/C25H31N3O4/c26-19-25(14-6-1-2-7-15-25)27-22(29)18-32-24(31)21-12-16-28(17-13-21)23(30)11-10-20-8-4-3-5-9-20/h3-5,8-11,21H,1-2,6-7,12-18H2,(H,27,29). The number of nitrogens with one attached hydrogen (secondary N) is 1. The molecule has 170 valence electrons. The van der Waals surface area contributed by atoms with E-state index < -0.39 is 17.4 Å². The minimum Gasteiger partial charge on any atom is -0.455 e. The molecule has 1 N–H and O–H groups in total. The van der Waals surface area contributed by atoms with Gasteiger partial charge in [0.25, 0.3) is 5.91 Å². The van der Waals surface area contributed by atoms with Crippen molar-refractivity contribution in [3.8, 4) is 6.07 Å². The Bertz CT molecular complexity index is 859. The number of carbonyl (C=O) groups excluding carboxylic acids is 3. The van der Waals surface area contributed by atoms with Crippen LogP contribution in [0.4, 0.5) is 0 Å². The molecular formula is C25H31N3O4. The smallest absolute Gasteiger partial charge is 0.309 e. The molecule has 0 unspecified atom stereocenters. The van der Waals surface area contributed by atoms with Gasteiger partial charge in [0.15, 0.2) is 6.61 Å². The minimum atomic E-state index is -0.848. The molecule has 1 aliphatic heterocycles. The van der Waals surface area contributed by atoms with Crippen LogP contribution < -0.4 is 5.32 Å². The monoisotopic (exact) mass is 437 g/mol. The third-order valence-electron chi connectivity index (χ3n) is 6.25. The van der Waals surface area contributed by atoms with Crippen LogP contribution in [-0.4, -0.2) is 47.9 Å². The van der Waals surface area contributed by atoms with Crippen LogP contribution in [0.3, 0.4) is 0 Å². The highest BCUT2D eigenvalue weighted by molar-refractivity contribution is 5.92. The molecule has 0 aromatic heterocycles. The average molecular weight is 438 g/mol. The number of hydrogen-bond donors (Lipinski definition) is 1. The Morgan fingerprint density at radius 2 is 1.75 bits per heavy atom. The lowest BCUT2D eigenvalue weighted by molar-refractivity contribution is -0.155. The Hall–Kier alpha value is -3.14. The van der Waals surface area contributed by atoms with Crippen molar-refractivity contribution in [2.24, 2.45) is 5.92 Å². The van der Waals surface area contributed by atoms with E-state index in [0.717, 1.165) is 31.2 Å². The molecule has 1 saturated heterocycles. The largest absolute Gasteiger partial charge is 0.455 e. The van der Waals surface area contributed by atoms with Crippen LogP contribution in [0.2, 0.25) is 0 Å². The van der Waals surface area contributed by atoms with E-state index in [9.17, 15) is 19.6 Å². The summed E-state index contributed by atoms with van der Waals surface area (Å²) in [6.07, 6.45) is 9.57. The molecule has 32 heavy (non-hydrogen) atoms. The Morgan fingerprint density at radius 1 is 1.09 bits per heavy atom. The molecule has 1 aliphatic carbocycles. The minimum absolute atomic E-state index is 0.0785. The lowest BCUT2D eigenvalue weighted by Crippen LogP contribution is -2.48. The quantitative estimate of drug-likeness (QED) is 0.418. The fourth-order valence-electron chi connectivity index (χ4n) is 4.33. The molecule has 7 heteroatoms. The fraction of sp³-hybridized carbons (Fsp3) is 0.520. The molecule has 2 fully saturated rings. The predicted molar refractivity (Wildman–Crippen MR) is 120 cm³/mol. The first kappa shape index (κ1) is 23.5. The SMILES string of the molecule is N#CC1(NC(=O)COC(=O)C2CCN(C(=O)C=Cc3ccccc3)CC2)CCCCCC1. The van der Waals surface area contributed by atoms with Gasteiger partial charge in [-0.25, -0.2) is 0 Å². The number of likely N-dealkylation sites (tertiary alicyclic amines) is 1. The van der Waals surface area contributed by atoms with Gasteiger partial charge in [-0.2, -0.15) is 5.26 Å². The van der Waals surface area contributed by atoms with Crippen molar-refractivity contribution >= 4 is 23.9 Å². The number of carbonyl (C=O) groups is 3. The van der Waals surface area contributed by atoms with E-state index >= 15 is 0 Å². The number of nitrogens with zero attached hydrogens (tertiary/aromatic N) is 2. The van der Waals surface area contributed by atoms with Crippen LogP contribution in [0.5, 0.6) is 0 Å². The maximum absolute atomic E-state index is 12.4. The van der Waals surface area contributed by atoms with Crippen LogP contribution in [0.1, 0.15) is 56.9 Å². The van der Waals surface area contributed by atoms with Crippen LogP contribution in [0.15, 0.2) is 36.4 Å². The Morgan fingerprint density at radius 3 is 2.38 bits per heavy atom. The van der Waals surface area contributed by atoms with E-state index in [1.807, 2.05) is 30.3 Å². The van der Waals surface area contributed by atoms with Crippen LogP contribution in [0, 0.1) is 17.2 Å². The number of benzene rings is 1.